The van der Waals surface area contributed by atoms with E-state index in [1.165, 1.54) is 6.92 Å². The number of hydrogen-bond acceptors (Lipinski definition) is 6. The maximum Gasteiger partial charge on any atom is 0.417 e. The van der Waals surface area contributed by atoms with Gasteiger partial charge >= 0.3 is 6.09 Å². The van der Waals surface area contributed by atoms with Crippen molar-refractivity contribution in [2.24, 2.45) is 0 Å². The summed E-state index contributed by atoms with van der Waals surface area (Å²) in [5.41, 5.74) is 1.53. The van der Waals surface area contributed by atoms with Crippen molar-refractivity contribution in [1.29, 1.82) is 0 Å². The highest BCUT2D eigenvalue weighted by Crippen LogP contribution is 2.35. The third kappa shape index (κ3) is 5.48. The Kier molecular flexibility index (Phi) is 7.86. The van der Waals surface area contributed by atoms with Crippen LogP contribution in [0.15, 0.2) is 84.9 Å². The van der Waals surface area contributed by atoms with Crippen molar-refractivity contribution in [2.45, 2.75) is 57.5 Å². The number of nitrogens with zero attached hydrogens (tertiary/aromatic N) is 1. The summed E-state index contributed by atoms with van der Waals surface area (Å²) in [4.78, 5) is 40.1. The zero-order valence-corrected chi connectivity index (χ0v) is 21.3. The fraction of sp³-hybridized carbons (Fsp3) is 0.300. The molecule has 7 heteroatoms. The van der Waals surface area contributed by atoms with Gasteiger partial charge < -0.3 is 9.84 Å². The molecule has 0 aliphatic carbocycles. The van der Waals surface area contributed by atoms with Crippen LogP contribution < -0.4 is 5.32 Å². The molecule has 1 aliphatic heterocycles. The molecular weight excluding hydrogens is 468 g/mol. The van der Waals surface area contributed by atoms with Crippen LogP contribution in [0.2, 0.25) is 0 Å². The molecule has 0 bridgehead atoms. The standard InChI is InChI=1S/C30H32N2O5/c1-20-27(26-12-8-5-9-13-26)37-29(36)32(20)28(35)30(22(3)34,18-23-10-6-4-7-11-23)31-19-24-14-16-25(17-15-24)21(2)33/h4-17,20,22,27,31,34H,18-19H2,1-3H3/t20-,22-,27-,30+/m1/s1. The molecule has 37 heavy (non-hydrogen) atoms. The van der Waals surface area contributed by atoms with Gasteiger partial charge in [-0.2, -0.15) is 0 Å². The van der Waals surface area contributed by atoms with Gasteiger partial charge in [0.2, 0.25) is 0 Å². The third-order valence-electron chi connectivity index (χ3n) is 7.01. The topological polar surface area (TPSA) is 95.9 Å². The van der Waals surface area contributed by atoms with Crippen LogP contribution in [-0.2, 0) is 22.5 Å². The summed E-state index contributed by atoms with van der Waals surface area (Å²) in [5.74, 6) is -0.589. The van der Waals surface area contributed by atoms with Gasteiger partial charge in [-0.05, 0) is 37.5 Å². The highest BCUT2D eigenvalue weighted by Gasteiger charge is 2.53. The van der Waals surface area contributed by atoms with Gasteiger partial charge in [-0.15, -0.1) is 0 Å². The predicted octanol–water partition coefficient (Wildman–Crippen LogP) is 4.45. The summed E-state index contributed by atoms with van der Waals surface area (Å²) in [5, 5.41) is 14.4. The number of imide groups is 1. The average Bonchev–Trinajstić information content (AvgIpc) is 3.20. The predicted molar refractivity (Wildman–Crippen MR) is 140 cm³/mol. The number of Topliss-reactive ketones (excluding diaryl/α,β-unsaturated/α-hetero) is 1. The number of cyclic esters (lactones) is 1. The van der Waals surface area contributed by atoms with Crippen molar-refractivity contribution < 1.29 is 24.2 Å². The van der Waals surface area contributed by atoms with Gasteiger partial charge in [0.25, 0.3) is 5.91 Å². The molecule has 0 saturated carbocycles. The fourth-order valence-electron chi connectivity index (χ4n) is 4.76. The van der Waals surface area contributed by atoms with E-state index in [0.29, 0.717) is 5.56 Å². The van der Waals surface area contributed by atoms with Crippen LogP contribution in [0.25, 0.3) is 0 Å². The average molecular weight is 501 g/mol. The van der Waals surface area contributed by atoms with Gasteiger partial charge in [0, 0.05) is 18.5 Å². The van der Waals surface area contributed by atoms with Crippen molar-refractivity contribution in [2.75, 3.05) is 0 Å². The second-order valence-electron chi connectivity index (χ2n) is 9.55. The maximum absolute atomic E-state index is 14.2. The highest BCUT2D eigenvalue weighted by atomic mass is 16.6. The number of amides is 2. The van der Waals surface area contributed by atoms with E-state index in [4.69, 9.17) is 4.74 Å². The third-order valence-corrected chi connectivity index (χ3v) is 7.01. The Hall–Kier alpha value is -3.81. The zero-order valence-electron chi connectivity index (χ0n) is 21.3. The van der Waals surface area contributed by atoms with Gasteiger partial charge in [0.1, 0.15) is 11.6 Å². The van der Waals surface area contributed by atoms with E-state index in [1.54, 1.807) is 26.0 Å². The Morgan fingerprint density at radius 2 is 1.57 bits per heavy atom. The van der Waals surface area contributed by atoms with Crippen molar-refractivity contribution in [3.63, 3.8) is 0 Å². The first kappa shape index (κ1) is 26.3. The van der Waals surface area contributed by atoms with E-state index in [9.17, 15) is 19.5 Å². The summed E-state index contributed by atoms with van der Waals surface area (Å²) >= 11 is 0. The van der Waals surface area contributed by atoms with Gasteiger partial charge in [-0.25, -0.2) is 9.69 Å². The lowest BCUT2D eigenvalue weighted by atomic mass is 9.83. The largest absolute Gasteiger partial charge is 0.439 e. The molecular formula is C30H32N2O5. The molecule has 2 N–H and O–H groups in total. The lowest BCUT2D eigenvalue weighted by Crippen LogP contribution is -2.66. The van der Waals surface area contributed by atoms with Crippen LogP contribution in [-0.4, -0.2) is 45.5 Å². The molecule has 0 spiro atoms. The van der Waals surface area contributed by atoms with Crippen LogP contribution in [0.5, 0.6) is 0 Å². The number of carbonyl (C=O) groups excluding carboxylic acids is 3. The first-order chi connectivity index (χ1) is 17.7. The van der Waals surface area contributed by atoms with Gasteiger partial charge in [-0.3, -0.25) is 14.9 Å². The van der Waals surface area contributed by atoms with E-state index in [-0.39, 0.29) is 18.7 Å². The van der Waals surface area contributed by atoms with Crippen LogP contribution in [0.4, 0.5) is 4.79 Å². The minimum Gasteiger partial charge on any atom is -0.439 e. The normalized spacial score (nSPS) is 19.7. The number of ketones is 1. The van der Waals surface area contributed by atoms with E-state index in [0.717, 1.165) is 21.6 Å². The van der Waals surface area contributed by atoms with Gasteiger partial charge in [0.15, 0.2) is 5.78 Å². The first-order valence-electron chi connectivity index (χ1n) is 12.4. The zero-order chi connectivity index (χ0) is 26.6. The molecule has 0 unspecified atom stereocenters. The van der Waals surface area contributed by atoms with Crippen molar-refractivity contribution in [3.05, 3.63) is 107 Å². The van der Waals surface area contributed by atoms with Gasteiger partial charge in [0.05, 0.1) is 12.1 Å². The summed E-state index contributed by atoms with van der Waals surface area (Å²) in [6.45, 7) is 5.06. The van der Waals surface area contributed by atoms with E-state index in [2.05, 4.69) is 5.32 Å². The number of benzene rings is 3. The van der Waals surface area contributed by atoms with E-state index in [1.807, 2.05) is 72.8 Å². The summed E-state index contributed by atoms with van der Waals surface area (Å²) in [6.07, 6.45) is -2.34. The number of ether oxygens (including phenoxy) is 1. The summed E-state index contributed by atoms with van der Waals surface area (Å²) < 4.78 is 5.64. The van der Waals surface area contributed by atoms with E-state index < -0.39 is 35.8 Å². The second-order valence-corrected chi connectivity index (χ2v) is 9.55. The molecule has 192 valence electrons. The van der Waals surface area contributed by atoms with Crippen LogP contribution >= 0.6 is 0 Å². The van der Waals surface area contributed by atoms with Crippen molar-refractivity contribution in [3.8, 4) is 0 Å². The molecule has 3 aromatic carbocycles. The smallest absolute Gasteiger partial charge is 0.417 e. The SMILES string of the molecule is CC(=O)c1ccc(CN[C@](Cc2ccccc2)(C(=O)N2C(=O)O[C@@H](c3ccccc3)[C@H]2C)[C@@H](C)O)cc1. The molecule has 3 aromatic rings. The molecule has 7 nitrogen and oxygen atoms in total. The molecule has 1 fully saturated rings. The van der Waals surface area contributed by atoms with E-state index >= 15 is 0 Å². The second kappa shape index (κ2) is 11.1. The molecule has 0 radical (unpaired) electrons. The lowest BCUT2D eigenvalue weighted by molar-refractivity contribution is -0.141. The summed E-state index contributed by atoms with van der Waals surface area (Å²) in [6, 6.07) is 25.2. The Balaban J connectivity index is 1.67. The lowest BCUT2D eigenvalue weighted by Gasteiger charge is -2.39. The molecule has 0 aromatic heterocycles. The molecule has 1 aliphatic rings. The minimum absolute atomic E-state index is 0.0356. The number of aliphatic hydroxyl groups excluding tert-OH is 1. The van der Waals surface area contributed by atoms with Crippen LogP contribution in [0, 0.1) is 0 Å². The number of carbonyl (C=O) groups is 3. The molecule has 1 saturated heterocycles. The fourth-order valence-corrected chi connectivity index (χ4v) is 4.76. The van der Waals surface area contributed by atoms with Crippen molar-refractivity contribution in [1.82, 2.24) is 10.2 Å². The monoisotopic (exact) mass is 500 g/mol. The summed E-state index contributed by atoms with van der Waals surface area (Å²) in [7, 11) is 0. The van der Waals surface area contributed by atoms with Gasteiger partial charge in [-0.1, -0.05) is 84.9 Å². The molecule has 1 heterocycles. The Morgan fingerprint density at radius 1 is 0.973 bits per heavy atom. The molecule has 4 rings (SSSR count). The minimum atomic E-state index is -1.51. The Bertz CT molecular complexity index is 1240. The number of hydrogen-bond donors (Lipinski definition) is 2. The Labute approximate surface area is 217 Å². The molecule has 2 amide bonds. The first-order valence-corrected chi connectivity index (χ1v) is 12.4. The van der Waals surface area contributed by atoms with Crippen LogP contribution in [0.3, 0.4) is 0 Å². The quantitative estimate of drug-likeness (QED) is 0.422. The molecule has 4 atom stereocenters. The number of nitrogens with one attached hydrogen (secondary N) is 1. The highest BCUT2D eigenvalue weighted by molar-refractivity contribution is 6.00. The Morgan fingerprint density at radius 3 is 2.14 bits per heavy atom. The van der Waals surface area contributed by atoms with Crippen molar-refractivity contribution >= 4 is 17.8 Å². The number of rotatable bonds is 9. The number of aliphatic hydroxyl groups is 1. The maximum atomic E-state index is 14.2. The van der Waals surface area contributed by atoms with Crippen LogP contribution in [0.1, 0.15) is 53.9 Å².